The summed E-state index contributed by atoms with van der Waals surface area (Å²) in [5, 5.41) is 12.0. The van der Waals surface area contributed by atoms with Gasteiger partial charge in [-0.05, 0) is 6.42 Å². The minimum atomic E-state index is -0.988. The highest BCUT2D eigenvalue weighted by Crippen LogP contribution is 2.14. The fourth-order valence-electron chi connectivity index (χ4n) is 2.26. The standard InChI is InChI=1S/C12H18N4O3/c1-2-3-16(6-11(17)18)12(19)9-4-8-10(5-13-9)15-7-14-8/h7,9,13H,2-6H2,1H3,(H,14,15)(H,17,18). The van der Waals surface area contributed by atoms with Crippen LogP contribution in [-0.4, -0.2) is 51.0 Å². The molecule has 1 atom stereocenters. The fourth-order valence-corrected chi connectivity index (χ4v) is 2.26. The molecule has 7 nitrogen and oxygen atoms in total. The van der Waals surface area contributed by atoms with Crippen molar-refractivity contribution < 1.29 is 14.7 Å². The number of aromatic nitrogens is 2. The lowest BCUT2D eigenvalue weighted by atomic mass is 10.0. The van der Waals surface area contributed by atoms with Crippen LogP contribution >= 0.6 is 0 Å². The van der Waals surface area contributed by atoms with Crippen molar-refractivity contribution in [3.05, 3.63) is 17.7 Å². The maximum absolute atomic E-state index is 12.3. The smallest absolute Gasteiger partial charge is 0.323 e. The molecule has 1 amide bonds. The molecule has 0 spiro atoms. The van der Waals surface area contributed by atoms with Crippen molar-refractivity contribution in [2.24, 2.45) is 0 Å². The third-order valence-electron chi connectivity index (χ3n) is 3.16. The fraction of sp³-hybridized carbons (Fsp3) is 0.583. The number of amides is 1. The highest BCUT2D eigenvalue weighted by molar-refractivity contribution is 5.85. The van der Waals surface area contributed by atoms with Gasteiger partial charge in [-0.25, -0.2) is 4.98 Å². The minimum Gasteiger partial charge on any atom is -0.480 e. The highest BCUT2D eigenvalue weighted by atomic mass is 16.4. The highest BCUT2D eigenvalue weighted by Gasteiger charge is 2.29. The second kappa shape index (κ2) is 5.83. The number of H-pyrrole nitrogens is 1. The van der Waals surface area contributed by atoms with E-state index in [1.807, 2.05) is 6.92 Å². The van der Waals surface area contributed by atoms with E-state index >= 15 is 0 Å². The van der Waals surface area contributed by atoms with E-state index in [1.54, 1.807) is 6.33 Å². The molecule has 7 heteroatoms. The van der Waals surface area contributed by atoms with Crippen molar-refractivity contribution in [2.45, 2.75) is 32.4 Å². The molecule has 0 fully saturated rings. The molecule has 1 unspecified atom stereocenters. The number of carbonyl (C=O) groups is 2. The van der Waals surface area contributed by atoms with Crippen LogP contribution in [0.2, 0.25) is 0 Å². The number of nitrogens with one attached hydrogen (secondary N) is 2. The topological polar surface area (TPSA) is 98.3 Å². The second-order valence-corrected chi connectivity index (χ2v) is 4.62. The summed E-state index contributed by atoms with van der Waals surface area (Å²) in [6.45, 7) is 2.68. The van der Waals surface area contributed by atoms with Gasteiger partial charge in [0.1, 0.15) is 6.54 Å². The van der Waals surface area contributed by atoms with Gasteiger partial charge < -0.3 is 15.0 Å². The molecule has 0 saturated heterocycles. The number of carboxylic acids is 1. The van der Waals surface area contributed by atoms with Gasteiger partial charge in [0.15, 0.2) is 0 Å². The summed E-state index contributed by atoms with van der Waals surface area (Å²) in [7, 11) is 0. The average Bonchev–Trinajstić information content (AvgIpc) is 2.84. The third kappa shape index (κ3) is 3.11. The van der Waals surface area contributed by atoms with Crippen LogP contribution in [-0.2, 0) is 22.6 Å². The van der Waals surface area contributed by atoms with Gasteiger partial charge in [-0.15, -0.1) is 0 Å². The van der Waals surface area contributed by atoms with Crippen molar-refractivity contribution in [1.29, 1.82) is 0 Å². The summed E-state index contributed by atoms with van der Waals surface area (Å²) in [6, 6.07) is -0.387. The number of carbonyl (C=O) groups excluding carboxylic acids is 1. The van der Waals surface area contributed by atoms with Crippen molar-refractivity contribution >= 4 is 11.9 Å². The summed E-state index contributed by atoms with van der Waals surface area (Å²) < 4.78 is 0. The van der Waals surface area contributed by atoms with E-state index in [-0.39, 0.29) is 18.5 Å². The molecule has 1 aromatic heterocycles. The molecule has 0 aromatic carbocycles. The lowest BCUT2D eigenvalue weighted by Crippen LogP contribution is -2.51. The summed E-state index contributed by atoms with van der Waals surface area (Å²) in [4.78, 5) is 31.7. The van der Waals surface area contributed by atoms with Gasteiger partial charge in [0, 0.05) is 19.5 Å². The van der Waals surface area contributed by atoms with Crippen molar-refractivity contribution in [3.8, 4) is 0 Å². The maximum atomic E-state index is 12.3. The van der Waals surface area contributed by atoms with Gasteiger partial charge in [0.2, 0.25) is 5.91 Å². The normalized spacial score (nSPS) is 17.8. The van der Waals surface area contributed by atoms with Gasteiger partial charge in [-0.3, -0.25) is 14.9 Å². The second-order valence-electron chi connectivity index (χ2n) is 4.62. The van der Waals surface area contributed by atoms with E-state index in [1.165, 1.54) is 4.90 Å². The average molecular weight is 266 g/mol. The molecule has 2 heterocycles. The van der Waals surface area contributed by atoms with Crippen LogP contribution in [0.1, 0.15) is 24.7 Å². The molecule has 104 valence electrons. The SMILES string of the molecule is CCCN(CC(=O)O)C(=O)C1Cc2nc[nH]c2CN1. The zero-order valence-corrected chi connectivity index (χ0v) is 10.8. The maximum Gasteiger partial charge on any atom is 0.323 e. The van der Waals surface area contributed by atoms with Crippen LogP contribution in [0.15, 0.2) is 6.33 Å². The number of rotatable bonds is 5. The van der Waals surface area contributed by atoms with Crippen LogP contribution < -0.4 is 5.32 Å². The Morgan fingerprint density at radius 1 is 1.58 bits per heavy atom. The monoisotopic (exact) mass is 266 g/mol. The number of aromatic amines is 1. The predicted octanol–water partition coefficient (Wildman–Crippen LogP) is -0.253. The number of nitrogens with zero attached hydrogens (tertiary/aromatic N) is 2. The first kappa shape index (κ1) is 13.5. The molecule has 1 aromatic rings. The molecule has 3 N–H and O–H groups in total. The first-order valence-corrected chi connectivity index (χ1v) is 6.37. The van der Waals surface area contributed by atoms with E-state index < -0.39 is 5.97 Å². The van der Waals surface area contributed by atoms with Gasteiger partial charge >= 0.3 is 5.97 Å². The predicted molar refractivity (Wildman–Crippen MR) is 67.4 cm³/mol. The number of hydrogen-bond donors (Lipinski definition) is 3. The zero-order valence-electron chi connectivity index (χ0n) is 10.8. The molecule has 0 radical (unpaired) electrons. The molecule has 0 saturated carbocycles. The van der Waals surface area contributed by atoms with Gasteiger partial charge in [0.05, 0.1) is 23.8 Å². The third-order valence-corrected chi connectivity index (χ3v) is 3.16. The van der Waals surface area contributed by atoms with Crippen LogP contribution in [0.4, 0.5) is 0 Å². The lowest BCUT2D eigenvalue weighted by molar-refractivity contribution is -0.145. The molecule has 0 bridgehead atoms. The summed E-state index contributed by atoms with van der Waals surface area (Å²) in [5.74, 6) is -1.16. The Morgan fingerprint density at radius 2 is 2.37 bits per heavy atom. The molecule has 0 aliphatic carbocycles. The van der Waals surface area contributed by atoms with E-state index in [2.05, 4.69) is 15.3 Å². The Bertz CT molecular complexity index is 471. The Balaban J connectivity index is 2.04. The van der Waals surface area contributed by atoms with Crippen molar-refractivity contribution in [2.75, 3.05) is 13.1 Å². The van der Waals surface area contributed by atoms with Crippen LogP contribution in [0.5, 0.6) is 0 Å². The Kier molecular flexibility index (Phi) is 4.16. The van der Waals surface area contributed by atoms with E-state index in [9.17, 15) is 9.59 Å². The zero-order chi connectivity index (χ0) is 13.8. The van der Waals surface area contributed by atoms with Gasteiger partial charge in [-0.1, -0.05) is 6.92 Å². The molecule has 19 heavy (non-hydrogen) atoms. The number of hydrogen-bond acceptors (Lipinski definition) is 4. The number of carboxylic acid groups (broad SMARTS) is 1. The van der Waals surface area contributed by atoms with Crippen LogP contribution in [0.25, 0.3) is 0 Å². The first-order chi connectivity index (χ1) is 9.11. The van der Waals surface area contributed by atoms with Crippen LogP contribution in [0, 0.1) is 0 Å². The molecular formula is C12H18N4O3. The Hall–Kier alpha value is -1.89. The summed E-state index contributed by atoms with van der Waals surface area (Å²) in [5.41, 5.74) is 1.87. The van der Waals surface area contributed by atoms with E-state index in [4.69, 9.17) is 5.11 Å². The first-order valence-electron chi connectivity index (χ1n) is 6.37. The van der Waals surface area contributed by atoms with E-state index in [0.717, 1.165) is 17.8 Å². The molecule has 1 aliphatic rings. The lowest BCUT2D eigenvalue weighted by Gasteiger charge is -2.28. The van der Waals surface area contributed by atoms with Gasteiger partial charge in [-0.2, -0.15) is 0 Å². The van der Waals surface area contributed by atoms with Crippen LogP contribution in [0.3, 0.4) is 0 Å². The molecule has 2 rings (SSSR count). The minimum absolute atomic E-state index is 0.169. The number of aliphatic carboxylic acids is 1. The molecule has 1 aliphatic heterocycles. The van der Waals surface area contributed by atoms with Crippen molar-refractivity contribution in [1.82, 2.24) is 20.2 Å². The van der Waals surface area contributed by atoms with Gasteiger partial charge in [0.25, 0.3) is 0 Å². The van der Waals surface area contributed by atoms with Crippen molar-refractivity contribution in [3.63, 3.8) is 0 Å². The molecular weight excluding hydrogens is 248 g/mol. The number of imidazole rings is 1. The van der Waals surface area contributed by atoms with E-state index in [0.29, 0.717) is 19.5 Å². The largest absolute Gasteiger partial charge is 0.480 e. The summed E-state index contributed by atoms with van der Waals surface area (Å²) >= 11 is 0. The Morgan fingerprint density at radius 3 is 3.05 bits per heavy atom. The quantitative estimate of drug-likeness (QED) is 0.682. The summed E-state index contributed by atoms with van der Waals surface area (Å²) in [6.07, 6.45) is 2.84. The number of fused-ring (bicyclic) bond motifs is 1. The Labute approximate surface area is 111 Å².